The number of benzene rings is 1. The molecular formula is C16H20N2O3. The summed E-state index contributed by atoms with van der Waals surface area (Å²) in [7, 11) is 1.78. The van der Waals surface area contributed by atoms with Crippen LogP contribution in [0.2, 0.25) is 0 Å². The maximum atomic E-state index is 12.2. The minimum absolute atomic E-state index is 0.0761. The van der Waals surface area contributed by atoms with Crippen LogP contribution >= 0.6 is 0 Å². The Kier molecular flexibility index (Phi) is 3.92. The molecule has 2 amide bonds. The number of anilines is 1. The van der Waals surface area contributed by atoms with Gasteiger partial charge in [0, 0.05) is 37.9 Å². The molecule has 0 bridgehead atoms. The van der Waals surface area contributed by atoms with Gasteiger partial charge in [-0.1, -0.05) is 0 Å². The third-order valence-corrected chi connectivity index (χ3v) is 4.20. The molecule has 0 aliphatic carbocycles. The number of carbonyl (C=O) groups excluding carboxylic acids is 2. The summed E-state index contributed by atoms with van der Waals surface area (Å²) in [4.78, 5) is 25.5. The predicted molar refractivity (Wildman–Crippen MR) is 79.5 cm³/mol. The molecule has 5 heteroatoms. The van der Waals surface area contributed by atoms with Crippen molar-refractivity contribution in [2.75, 3.05) is 25.1 Å². The first-order chi connectivity index (χ1) is 10.1. The van der Waals surface area contributed by atoms with Gasteiger partial charge in [-0.3, -0.25) is 9.59 Å². The fourth-order valence-corrected chi connectivity index (χ4v) is 2.91. The summed E-state index contributed by atoms with van der Waals surface area (Å²) in [5, 5.41) is 2.92. The van der Waals surface area contributed by atoms with Gasteiger partial charge < -0.3 is 15.0 Å². The lowest BCUT2D eigenvalue weighted by atomic mass is 9.99. The first-order valence-corrected chi connectivity index (χ1v) is 7.44. The van der Waals surface area contributed by atoms with Crippen molar-refractivity contribution in [1.29, 1.82) is 0 Å². The molecule has 0 unspecified atom stereocenters. The van der Waals surface area contributed by atoms with E-state index in [0.717, 1.165) is 30.7 Å². The summed E-state index contributed by atoms with van der Waals surface area (Å²) in [5.74, 6) is 0.0472. The zero-order valence-electron chi connectivity index (χ0n) is 12.2. The molecule has 0 saturated carbocycles. The highest BCUT2D eigenvalue weighted by atomic mass is 16.5. The molecular weight excluding hydrogens is 268 g/mol. The van der Waals surface area contributed by atoms with E-state index in [1.165, 1.54) is 0 Å². The largest absolute Gasteiger partial charge is 0.376 e. The van der Waals surface area contributed by atoms with E-state index >= 15 is 0 Å². The topological polar surface area (TPSA) is 58.6 Å². The molecule has 2 heterocycles. The van der Waals surface area contributed by atoms with Crippen molar-refractivity contribution in [2.45, 2.75) is 31.8 Å². The van der Waals surface area contributed by atoms with E-state index in [1.54, 1.807) is 18.0 Å². The number of hydrogen-bond acceptors (Lipinski definition) is 3. The lowest BCUT2D eigenvalue weighted by Crippen LogP contribution is -2.33. The number of amides is 2. The number of hydrogen-bond donors (Lipinski definition) is 1. The van der Waals surface area contributed by atoms with Crippen molar-refractivity contribution in [3.05, 3.63) is 29.3 Å². The highest BCUT2D eigenvalue weighted by molar-refractivity contribution is 5.98. The minimum atomic E-state index is -0.0761. The van der Waals surface area contributed by atoms with Gasteiger partial charge in [-0.05, 0) is 43.0 Å². The number of fused-ring (bicyclic) bond motifs is 1. The smallest absolute Gasteiger partial charge is 0.251 e. The van der Waals surface area contributed by atoms with Crippen LogP contribution in [0.25, 0.3) is 0 Å². The lowest BCUT2D eigenvalue weighted by molar-refractivity contribution is -0.118. The fraction of sp³-hybridized carbons (Fsp3) is 0.500. The Morgan fingerprint density at radius 1 is 1.43 bits per heavy atom. The molecule has 1 aromatic rings. The zero-order valence-corrected chi connectivity index (χ0v) is 12.2. The molecule has 2 aliphatic heterocycles. The number of ether oxygens (including phenoxy) is 1. The Balaban J connectivity index is 1.68. The quantitative estimate of drug-likeness (QED) is 0.917. The number of carbonyl (C=O) groups is 2. The summed E-state index contributed by atoms with van der Waals surface area (Å²) in [6, 6.07) is 5.52. The number of nitrogens with one attached hydrogen (secondary N) is 1. The highest BCUT2D eigenvalue weighted by Gasteiger charge is 2.22. The van der Waals surface area contributed by atoms with E-state index in [1.807, 2.05) is 12.1 Å². The van der Waals surface area contributed by atoms with Crippen molar-refractivity contribution in [1.82, 2.24) is 5.32 Å². The molecule has 21 heavy (non-hydrogen) atoms. The Bertz CT molecular complexity index is 565. The molecule has 3 rings (SSSR count). The summed E-state index contributed by atoms with van der Waals surface area (Å²) in [6.07, 6.45) is 3.43. The van der Waals surface area contributed by atoms with Gasteiger partial charge in [0.05, 0.1) is 6.10 Å². The van der Waals surface area contributed by atoms with Crippen LogP contribution in [-0.4, -0.2) is 38.1 Å². The molecule has 5 nitrogen and oxygen atoms in total. The standard InChI is InChI=1S/C16H20N2O3/c1-18-14-6-4-12(9-11(14)5-7-15(18)19)16(20)17-10-13-3-2-8-21-13/h4,6,9,13H,2-3,5,7-8,10H2,1H3,(H,17,20)/t13-/m0/s1. The highest BCUT2D eigenvalue weighted by Crippen LogP contribution is 2.27. The van der Waals surface area contributed by atoms with Crippen LogP contribution in [0.5, 0.6) is 0 Å². The third-order valence-electron chi connectivity index (χ3n) is 4.20. The Labute approximate surface area is 124 Å². The molecule has 112 valence electrons. The van der Waals surface area contributed by atoms with Gasteiger partial charge in [0.15, 0.2) is 0 Å². The second-order valence-electron chi connectivity index (χ2n) is 5.64. The van der Waals surface area contributed by atoms with Crippen molar-refractivity contribution in [3.63, 3.8) is 0 Å². The van der Waals surface area contributed by atoms with Gasteiger partial charge in [0.2, 0.25) is 5.91 Å². The van der Waals surface area contributed by atoms with Crippen molar-refractivity contribution in [3.8, 4) is 0 Å². The molecule has 1 N–H and O–H groups in total. The molecule has 0 radical (unpaired) electrons. The van der Waals surface area contributed by atoms with Crippen LogP contribution in [0.4, 0.5) is 5.69 Å². The van der Waals surface area contributed by atoms with Gasteiger partial charge in [0.1, 0.15) is 0 Å². The zero-order chi connectivity index (χ0) is 14.8. The molecule has 2 aliphatic rings. The van der Waals surface area contributed by atoms with E-state index in [9.17, 15) is 9.59 Å². The monoisotopic (exact) mass is 288 g/mol. The van der Waals surface area contributed by atoms with Gasteiger partial charge in [0.25, 0.3) is 5.91 Å². The van der Waals surface area contributed by atoms with E-state index < -0.39 is 0 Å². The maximum absolute atomic E-state index is 12.2. The van der Waals surface area contributed by atoms with Crippen LogP contribution in [0, 0.1) is 0 Å². The van der Waals surface area contributed by atoms with Crippen molar-refractivity contribution >= 4 is 17.5 Å². The maximum Gasteiger partial charge on any atom is 0.251 e. The number of nitrogens with zero attached hydrogens (tertiary/aromatic N) is 1. The average molecular weight is 288 g/mol. The Hall–Kier alpha value is -1.88. The van der Waals surface area contributed by atoms with E-state index in [0.29, 0.717) is 24.9 Å². The fourth-order valence-electron chi connectivity index (χ4n) is 2.91. The van der Waals surface area contributed by atoms with Crippen LogP contribution in [0.3, 0.4) is 0 Å². The predicted octanol–water partition coefficient (Wildman–Crippen LogP) is 1.50. The molecule has 1 aromatic carbocycles. The van der Waals surface area contributed by atoms with E-state index in [-0.39, 0.29) is 17.9 Å². The van der Waals surface area contributed by atoms with Gasteiger partial charge >= 0.3 is 0 Å². The molecule has 1 atom stereocenters. The molecule has 1 fully saturated rings. The van der Waals surface area contributed by atoms with E-state index in [2.05, 4.69) is 5.32 Å². The van der Waals surface area contributed by atoms with Crippen LogP contribution in [0.1, 0.15) is 35.2 Å². The lowest BCUT2D eigenvalue weighted by Gasteiger charge is -2.26. The summed E-state index contributed by atoms with van der Waals surface area (Å²) >= 11 is 0. The van der Waals surface area contributed by atoms with Crippen LogP contribution in [-0.2, 0) is 16.0 Å². The van der Waals surface area contributed by atoms with E-state index in [4.69, 9.17) is 4.74 Å². The number of rotatable bonds is 3. The summed E-state index contributed by atoms with van der Waals surface area (Å²) in [6.45, 7) is 1.36. The Morgan fingerprint density at radius 2 is 2.29 bits per heavy atom. The van der Waals surface area contributed by atoms with Crippen molar-refractivity contribution < 1.29 is 14.3 Å². The first kappa shape index (κ1) is 14.1. The van der Waals surface area contributed by atoms with Crippen LogP contribution in [0.15, 0.2) is 18.2 Å². The second kappa shape index (κ2) is 5.85. The van der Waals surface area contributed by atoms with Crippen molar-refractivity contribution in [2.24, 2.45) is 0 Å². The number of aryl methyl sites for hydroxylation is 1. The second-order valence-corrected chi connectivity index (χ2v) is 5.64. The Morgan fingerprint density at radius 3 is 3.05 bits per heavy atom. The van der Waals surface area contributed by atoms with Gasteiger partial charge in [-0.2, -0.15) is 0 Å². The first-order valence-electron chi connectivity index (χ1n) is 7.44. The SMILES string of the molecule is CN1C(=O)CCc2cc(C(=O)NC[C@@H]3CCCO3)ccc21. The summed E-state index contributed by atoms with van der Waals surface area (Å²) in [5.41, 5.74) is 2.61. The third kappa shape index (κ3) is 2.93. The van der Waals surface area contributed by atoms with Gasteiger partial charge in [-0.25, -0.2) is 0 Å². The molecule has 0 spiro atoms. The minimum Gasteiger partial charge on any atom is -0.376 e. The normalized spacial score (nSPS) is 21.3. The van der Waals surface area contributed by atoms with Crippen LogP contribution < -0.4 is 10.2 Å². The molecule has 0 aromatic heterocycles. The molecule has 1 saturated heterocycles. The summed E-state index contributed by atoms with van der Waals surface area (Å²) < 4.78 is 5.50. The average Bonchev–Trinajstić information content (AvgIpc) is 3.01. The van der Waals surface area contributed by atoms with Gasteiger partial charge in [-0.15, -0.1) is 0 Å².